The summed E-state index contributed by atoms with van der Waals surface area (Å²) in [6, 6.07) is 0.770. The summed E-state index contributed by atoms with van der Waals surface area (Å²) < 4.78 is 5.50. The van der Waals surface area contributed by atoms with Gasteiger partial charge in [0.05, 0.1) is 12.5 Å². The maximum absolute atomic E-state index is 12.5. The Hall–Kier alpha value is -0.610. The van der Waals surface area contributed by atoms with Crippen molar-refractivity contribution in [1.29, 1.82) is 0 Å². The molecule has 0 aromatic rings. The minimum Gasteiger partial charge on any atom is -0.381 e. The van der Waals surface area contributed by atoms with E-state index in [2.05, 4.69) is 9.80 Å². The van der Waals surface area contributed by atoms with E-state index in [1.807, 2.05) is 6.92 Å². The summed E-state index contributed by atoms with van der Waals surface area (Å²) >= 11 is 0. The van der Waals surface area contributed by atoms with E-state index in [9.17, 15) is 4.79 Å². The van der Waals surface area contributed by atoms with Crippen LogP contribution in [0.3, 0.4) is 0 Å². The van der Waals surface area contributed by atoms with Gasteiger partial charge in [-0.05, 0) is 26.2 Å². The van der Waals surface area contributed by atoms with Gasteiger partial charge in [-0.3, -0.25) is 9.69 Å². The van der Waals surface area contributed by atoms with E-state index in [0.717, 1.165) is 51.9 Å². The molecule has 2 aliphatic heterocycles. The molecule has 0 aromatic carbocycles. The fourth-order valence-electron chi connectivity index (χ4n) is 4.12. The quantitative estimate of drug-likeness (QED) is 0.779. The molecule has 1 unspecified atom stereocenters. The van der Waals surface area contributed by atoms with Crippen molar-refractivity contribution < 1.29 is 9.53 Å². The number of likely N-dealkylation sites (tertiary alicyclic amines) is 2. The molecule has 1 atom stereocenters. The Bertz CT molecular complexity index is 349. The van der Waals surface area contributed by atoms with E-state index in [4.69, 9.17) is 4.74 Å². The van der Waals surface area contributed by atoms with Gasteiger partial charge in [-0.1, -0.05) is 19.3 Å². The Kier molecular flexibility index (Phi) is 5.17. The second-order valence-corrected chi connectivity index (χ2v) is 7.04. The number of hydrogen-bond acceptors (Lipinski definition) is 3. The Balaban J connectivity index is 1.39. The van der Waals surface area contributed by atoms with Gasteiger partial charge in [-0.2, -0.15) is 0 Å². The van der Waals surface area contributed by atoms with Gasteiger partial charge in [-0.25, -0.2) is 0 Å². The summed E-state index contributed by atoms with van der Waals surface area (Å²) in [7, 11) is 0. The van der Waals surface area contributed by atoms with Crippen LogP contribution in [0.5, 0.6) is 0 Å². The topological polar surface area (TPSA) is 32.8 Å². The summed E-state index contributed by atoms with van der Waals surface area (Å²) in [5, 5.41) is 0. The minimum atomic E-state index is 0.276. The van der Waals surface area contributed by atoms with E-state index in [1.54, 1.807) is 0 Å². The second kappa shape index (κ2) is 7.10. The summed E-state index contributed by atoms with van der Waals surface area (Å²) in [5.74, 6) is 1.24. The predicted molar refractivity (Wildman–Crippen MR) is 83.1 cm³/mol. The maximum Gasteiger partial charge on any atom is 0.228 e. The molecule has 1 amide bonds. The number of carbonyl (C=O) groups is 1. The zero-order valence-corrected chi connectivity index (χ0v) is 13.4. The lowest BCUT2D eigenvalue weighted by molar-refractivity contribution is -0.141. The highest BCUT2D eigenvalue weighted by molar-refractivity contribution is 5.80. The summed E-state index contributed by atoms with van der Waals surface area (Å²) in [5.41, 5.74) is 0. The molecular formula is C17H30N2O2. The molecule has 0 aromatic heterocycles. The largest absolute Gasteiger partial charge is 0.381 e. The van der Waals surface area contributed by atoms with E-state index in [-0.39, 0.29) is 5.92 Å². The Morgan fingerprint density at radius 3 is 2.57 bits per heavy atom. The molecule has 0 spiro atoms. The highest BCUT2D eigenvalue weighted by atomic mass is 16.5. The Morgan fingerprint density at radius 1 is 1.10 bits per heavy atom. The average Bonchev–Trinajstić information content (AvgIpc) is 2.93. The van der Waals surface area contributed by atoms with Crippen molar-refractivity contribution >= 4 is 5.91 Å². The lowest BCUT2D eigenvalue weighted by Gasteiger charge is -2.45. The Morgan fingerprint density at radius 2 is 1.86 bits per heavy atom. The second-order valence-electron chi connectivity index (χ2n) is 7.04. The number of nitrogens with zero attached hydrogens (tertiary/aromatic N) is 2. The zero-order valence-electron chi connectivity index (χ0n) is 13.4. The van der Waals surface area contributed by atoms with Crippen molar-refractivity contribution in [3.63, 3.8) is 0 Å². The van der Waals surface area contributed by atoms with E-state index in [1.165, 1.54) is 32.1 Å². The molecule has 3 aliphatic rings. The molecule has 0 bridgehead atoms. The van der Waals surface area contributed by atoms with Crippen molar-refractivity contribution in [2.75, 3.05) is 39.4 Å². The molecule has 4 heteroatoms. The van der Waals surface area contributed by atoms with Gasteiger partial charge >= 0.3 is 0 Å². The SMILES string of the molecule is CCOCC1CCN(C(=O)C2CN(C3CCCCC3)C2)C1. The molecule has 3 rings (SSSR count). The number of amides is 1. The fourth-order valence-corrected chi connectivity index (χ4v) is 4.12. The molecular weight excluding hydrogens is 264 g/mol. The zero-order chi connectivity index (χ0) is 14.7. The van der Waals surface area contributed by atoms with Crippen molar-refractivity contribution in [1.82, 2.24) is 9.80 Å². The first kappa shape index (κ1) is 15.3. The van der Waals surface area contributed by atoms with Crippen LogP contribution in [0, 0.1) is 11.8 Å². The average molecular weight is 294 g/mol. The lowest BCUT2D eigenvalue weighted by atomic mass is 9.88. The van der Waals surface area contributed by atoms with Gasteiger partial charge < -0.3 is 9.64 Å². The normalized spacial score (nSPS) is 28.8. The minimum absolute atomic E-state index is 0.276. The van der Waals surface area contributed by atoms with Crippen LogP contribution in [-0.2, 0) is 9.53 Å². The summed E-state index contributed by atoms with van der Waals surface area (Å²) in [4.78, 5) is 17.2. The number of carbonyl (C=O) groups excluding carboxylic acids is 1. The van der Waals surface area contributed by atoms with Crippen LogP contribution in [0.4, 0.5) is 0 Å². The van der Waals surface area contributed by atoms with Crippen molar-refractivity contribution in [3.8, 4) is 0 Å². The van der Waals surface area contributed by atoms with Gasteiger partial charge in [0.2, 0.25) is 5.91 Å². The van der Waals surface area contributed by atoms with Crippen LogP contribution in [0.15, 0.2) is 0 Å². The van der Waals surface area contributed by atoms with Gasteiger partial charge in [0.15, 0.2) is 0 Å². The molecule has 2 heterocycles. The van der Waals surface area contributed by atoms with E-state index in [0.29, 0.717) is 11.8 Å². The highest BCUT2D eigenvalue weighted by Crippen LogP contribution is 2.30. The van der Waals surface area contributed by atoms with Gasteiger partial charge in [-0.15, -0.1) is 0 Å². The van der Waals surface area contributed by atoms with Crippen molar-refractivity contribution in [2.24, 2.45) is 11.8 Å². The lowest BCUT2D eigenvalue weighted by Crippen LogP contribution is -2.57. The van der Waals surface area contributed by atoms with Crippen LogP contribution in [0.2, 0.25) is 0 Å². The van der Waals surface area contributed by atoms with Crippen LogP contribution >= 0.6 is 0 Å². The Labute approximate surface area is 128 Å². The predicted octanol–water partition coefficient (Wildman–Crippen LogP) is 2.14. The number of hydrogen-bond donors (Lipinski definition) is 0. The van der Waals surface area contributed by atoms with Crippen molar-refractivity contribution in [3.05, 3.63) is 0 Å². The first-order chi connectivity index (χ1) is 10.3. The molecule has 0 N–H and O–H groups in total. The standard InChI is InChI=1S/C17H30N2O2/c1-2-21-13-14-8-9-18(10-14)17(20)15-11-19(12-15)16-6-4-3-5-7-16/h14-16H,2-13H2,1H3. The summed E-state index contributed by atoms with van der Waals surface area (Å²) in [6.45, 7) is 7.51. The molecule has 0 radical (unpaired) electrons. The smallest absolute Gasteiger partial charge is 0.228 e. The first-order valence-corrected chi connectivity index (χ1v) is 8.88. The van der Waals surface area contributed by atoms with E-state index >= 15 is 0 Å². The van der Waals surface area contributed by atoms with Gasteiger partial charge in [0.25, 0.3) is 0 Å². The van der Waals surface area contributed by atoms with Crippen LogP contribution in [0.25, 0.3) is 0 Å². The third-order valence-corrected chi connectivity index (χ3v) is 5.51. The highest BCUT2D eigenvalue weighted by Gasteiger charge is 2.40. The first-order valence-electron chi connectivity index (χ1n) is 8.88. The fraction of sp³-hybridized carbons (Fsp3) is 0.941. The van der Waals surface area contributed by atoms with Gasteiger partial charge in [0.1, 0.15) is 0 Å². The van der Waals surface area contributed by atoms with E-state index < -0.39 is 0 Å². The van der Waals surface area contributed by atoms with Crippen LogP contribution < -0.4 is 0 Å². The molecule has 1 aliphatic carbocycles. The van der Waals surface area contributed by atoms with Crippen LogP contribution in [0.1, 0.15) is 45.4 Å². The third-order valence-electron chi connectivity index (χ3n) is 5.51. The third kappa shape index (κ3) is 3.59. The monoisotopic (exact) mass is 294 g/mol. The molecule has 4 nitrogen and oxygen atoms in total. The molecule has 2 saturated heterocycles. The van der Waals surface area contributed by atoms with Crippen molar-refractivity contribution in [2.45, 2.75) is 51.5 Å². The molecule has 120 valence electrons. The van der Waals surface area contributed by atoms with Gasteiger partial charge in [0, 0.05) is 44.7 Å². The molecule has 21 heavy (non-hydrogen) atoms. The molecule has 1 saturated carbocycles. The summed E-state index contributed by atoms with van der Waals surface area (Å²) in [6.07, 6.45) is 7.98. The maximum atomic E-state index is 12.5. The molecule has 3 fully saturated rings. The number of ether oxygens (including phenoxy) is 1. The number of rotatable bonds is 5. The van der Waals surface area contributed by atoms with Crippen LogP contribution in [-0.4, -0.2) is 61.1 Å².